The lowest BCUT2D eigenvalue weighted by atomic mass is 9.85. The molecule has 2 heterocycles. The molecule has 6 nitrogen and oxygen atoms in total. The summed E-state index contributed by atoms with van der Waals surface area (Å²) in [4.78, 5) is 4.48. The highest BCUT2D eigenvalue weighted by Crippen LogP contribution is 2.27. The molecule has 0 amide bonds. The van der Waals surface area contributed by atoms with E-state index in [1.165, 1.54) is 12.8 Å². The molecular weight excluding hydrogens is 356 g/mol. The van der Waals surface area contributed by atoms with Crippen molar-refractivity contribution in [1.29, 1.82) is 0 Å². The SMILES string of the molecule is CCC[C@H](C)[C@@H](C)CC[C@@H](C)CC(O)(O)OCCc1coc([C@@H]2CCCN2)n1. The molecule has 3 N–H and O–H groups in total. The van der Waals surface area contributed by atoms with Gasteiger partial charge in [-0.1, -0.05) is 53.4 Å². The highest BCUT2D eigenvalue weighted by molar-refractivity contribution is 5.01. The normalized spacial score (nSPS) is 21.0. The molecule has 0 unspecified atom stereocenters. The maximum atomic E-state index is 10.2. The van der Waals surface area contributed by atoms with Crippen LogP contribution in [0.1, 0.15) is 90.3 Å². The van der Waals surface area contributed by atoms with Crippen molar-refractivity contribution in [1.82, 2.24) is 10.3 Å². The smallest absolute Gasteiger partial charge is 0.278 e. The summed E-state index contributed by atoms with van der Waals surface area (Å²) in [6.45, 7) is 10.1. The molecule has 1 aromatic rings. The number of ether oxygens (including phenoxy) is 1. The van der Waals surface area contributed by atoms with Crippen molar-refractivity contribution in [2.75, 3.05) is 13.2 Å². The lowest BCUT2D eigenvalue weighted by molar-refractivity contribution is -0.344. The molecule has 6 heteroatoms. The first kappa shape index (κ1) is 23.3. The zero-order chi connectivity index (χ0) is 20.6. The minimum absolute atomic E-state index is 0.193. The first-order valence-corrected chi connectivity index (χ1v) is 11.1. The van der Waals surface area contributed by atoms with E-state index in [-0.39, 0.29) is 25.0 Å². The summed E-state index contributed by atoms with van der Waals surface area (Å²) in [5.41, 5.74) is 0.784. The number of hydrogen-bond acceptors (Lipinski definition) is 6. The topological polar surface area (TPSA) is 87.8 Å². The number of nitrogens with one attached hydrogen (secondary N) is 1. The molecule has 1 aliphatic heterocycles. The average molecular weight is 397 g/mol. The Labute approximate surface area is 170 Å². The van der Waals surface area contributed by atoms with Crippen molar-refractivity contribution in [2.45, 2.75) is 91.1 Å². The molecule has 1 aliphatic rings. The third kappa shape index (κ3) is 7.82. The molecule has 2 rings (SSSR count). The summed E-state index contributed by atoms with van der Waals surface area (Å²) in [7, 11) is 0. The average Bonchev–Trinajstić information content (AvgIpc) is 3.30. The van der Waals surface area contributed by atoms with E-state index >= 15 is 0 Å². The maximum Gasteiger partial charge on any atom is 0.278 e. The number of hydrogen-bond donors (Lipinski definition) is 3. The monoisotopic (exact) mass is 396 g/mol. The second-order valence-corrected chi connectivity index (χ2v) is 8.80. The molecule has 28 heavy (non-hydrogen) atoms. The summed E-state index contributed by atoms with van der Waals surface area (Å²) in [5.74, 6) is 0.196. The van der Waals surface area contributed by atoms with Crippen LogP contribution in [0.25, 0.3) is 0 Å². The fraction of sp³-hybridized carbons (Fsp3) is 0.864. The zero-order valence-corrected chi connectivity index (χ0v) is 18.1. The van der Waals surface area contributed by atoms with E-state index in [0.29, 0.717) is 24.1 Å². The van der Waals surface area contributed by atoms with Gasteiger partial charge in [-0.2, -0.15) is 0 Å². The third-order valence-corrected chi connectivity index (χ3v) is 6.06. The van der Waals surface area contributed by atoms with Crippen LogP contribution < -0.4 is 5.32 Å². The van der Waals surface area contributed by atoms with Crippen LogP contribution in [-0.4, -0.2) is 34.3 Å². The van der Waals surface area contributed by atoms with Gasteiger partial charge in [-0.05, 0) is 37.1 Å². The Kier molecular flexibility index (Phi) is 9.41. The highest BCUT2D eigenvalue weighted by atomic mass is 16.8. The van der Waals surface area contributed by atoms with E-state index in [1.54, 1.807) is 6.26 Å². The molecule has 4 atom stereocenters. The Morgan fingerprint density at radius 3 is 2.68 bits per heavy atom. The van der Waals surface area contributed by atoms with Gasteiger partial charge < -0.3 is 24.7 Å². The van der Waals surface area contributed by atoms with E-state index in [0.717, 1.165) is 37.9 Å². The summed E-state index contributed by atoms with van der Waals surface area (Å²) in [5, 5.41) is 23.7. The van der Waals surface area contributed by atoms with Crippen LogP contribution in [-0.2, 0) is 11.2 Å². The van der Waals surface area contributed by atoms with Crippen molar-refractivity contribution in [3.8, 4) is 0 Å². The van der Waals surface area contributed by atoms with Crippen molar-refractivity contribution < 1.29 is 19.4 Å². The molecule has 1 aromatic heterocycles. The van der Waals surface area contributed by atoms with Crippen LogP contribution >= 0.6 is 0 Å². The van der Waals surface area contributed by atoms with Crippen molar-refractivity contribution in [2.24, 2.45) is 17.8 Å². The standard InChI is InChI=1S/C22H40N2O4/c1-5-7-17(3)18(4)10-9-16(2)14-22(25,26)28-13-11-19-15-27-21(24-19)20-8-6-12-23-20/h15-18,20,23,25-26H,5-14H2,1-4H3/t16-,17+,18+,20+/m1/s1. The lowest BCUT2D eigenvalue weighted by Gasteiger charge is -2.26. The molecule has 0 radical (unpaired) electrons. The van der Waals surface area contributed by atoms with E-state index in [1.807, 2.05) is 0 Å². The molecule has 162 valence electrons. The van der Waals surface area contributed by atoms with Gasteiger partial charge in [0.15, 0.2) is 0 Å². The number of nitrogens with zero attached hydrogens (tertiary/aromatic N) is 1. The maximum absolute atomic E-state index is 10.2. The fourth-order valence-corrected chi connectivity index (χ4v) is 4.00. The predicted molar refractivity (Wildman–Crippen MR) is 110 cm³/mol. The van der Waals surface area contributed by atoms with Gasteiger partial charge in [0.25, 0.3) is 5.97 Å². The number of aliphatic hydroxyl groups is 2. The Hall–Kier alpha value is -0.950. The van der Waals surface area contributed by atoms with Gasteiger partial charge in [0.2, 0.25) is 5.89 Å². The molecule has 0 spiro atoms. The Balaban J connectivity index is 1.66. The number of aromatic nitrogens is 1. The van der Waals surface area contributed by atoms with Crippen molar-refractivity contribution in [3.63, 3.8) is 0 Å². The minimum atomic E-state index is -2.09. The molecule has 0 saturated carbocycles. The zero-order valence-electron chi connectivity index (χ0n) is 18.1. The molecule has 0 aliphatic carbocycles. The van der Waals surface area contributed by atoms with E-state index < -0.39 is 5.97 Å². The molecular formula is C22H40N2O4. The van der Waals surface area contributed by atoms with Gasteiger partial charge in [-0.15, -0.1) is 0 Å². The fourth-order valence-electron chi connectivity index (χ4n) is 4.00. The van der Waals surface area contributed by atoms with Crippen LogP contribution in [0, 0.1) is 17.8 Å². The van der Waals surface area contributed by atoms with Crippen LogP contribution in [0.15, 0.2) is 10.7 Å². The summed E-state index contributed by atoms with van der Waals surface area (Å²) >= 11 is 0. The molecule has 0 bridgehead atoms. The lowest BCUT2D eigenvalue weighted by Crippen LogP contribution is -2.35. The van der Waals surface area contributed by atoms with Gasteiger partial charge in [-0.25, -0.2) is 4.98 Å². The van der Waals surface area contributed by atoms with Crippen LogP contribution in [0.3, 0.4) is 0 Å². The van der Waals surface area contributed by atoms with Gasteiger partial charge in [0.05, 0.1) is 18.3 Å². The van der Waals surface area contributed by atoms with Gasteiger partial charge in [-0.3, -0.25) is 0 Å². The van der Waals surface area contributed by atoms with Crippen LogP contribution in [0.4, 0.5) is 0 Å². The Morgan fingerprint density at radius 1 is 1.25 bits per heavy atom. The van der Waals surface area contributed by atoms with Gasteiger partial charge in [0.1, 0.15) is 6.26 Å². The largest absolute Gasteiger partial charge is 0.447 e. The molecule has 1 saturated heterocycles. The minimum Gasteiger partial charge on any atom is -0.447 e. The summed E-state index contributed by atoms with van der Waals surface area (Å²) in [6.07, 6.45) is 9.09. The third-order valence-electron chi connectivity index (χ3n) is 6.06. The summed E-state index contributed by atoms with van der Waals surface area (Å²) < 4.78 is 10.9. The van der Waals surface area contributed by atoms with Crippen molar-refractivity contribution >= 4 is 0 Å². The van der Waals surface area contributed by atoms with Crippen LogP contribution in [0.5, 0.6) is 0 Å². The molecule has 1 fully saturated rings. The predicted octanol–water partition coefficient (Wildman–Crippen LogP) is 4.18. The van der Waals surface area contributed by atoms with Crippen molar-refractivity contribution in [3.05, 3.63) is 17.8 Å². The van der Waals surface area contributed by atoms with Gasteiger partial charge >= 0.3 is 0 Å². The summed E-state index contributed by atoms with van der Waals surface area (Å²) in [6, 6.07) is 0.202. The number of oxazole rings is 1. The molecule has 0 aromatic carbocycles. The first-order chi connectivity index (χ1) is 13.3. The quantitative estimate of drug-likeness (QED) is 0.434. The Bertz CT molecular complexity index is 554. The number of rotatable bonds is 13. The second-order valence-electron chi connectivity index (χ2n) is 8.80. The van der Waals surface area contributed by atoms with E-state index in [4.69, 9.17) is 9.15 Å². The van der Waals surface area contributed by atoms with Gasteiger partial charge in [0, 0.05) is 12.8 Å². The first-order valence-electron chi connectivity index (χ1n) is 11.1. The highest BCUT2D eigenvalue weighted by Gasteiger charge is 2.28. The van der Waals surface area contributed by atoms with Crippen LogP contribution in [0.2, 0.25) is 0 Å². The second kappa shape index (κ2) is 11.3. The van der Waals surface area contributed by atoms with E-state index in [9.17, 15) is 10.2 Å². The Morgan fingerprint density at radius 2 is 2.00 bits per heavy atom. The van der Waals surface area contributed by atoms with E-state index in [2.05, 4.69) is 38.0 Å².